The number of nitrogens with one attached hydrogen (secondary N) is 1. The Morgan fingerprint density at radius 1 is 1.19 bits per heavy atom. The van der Waals surface area contributed by atoms with Gasteiger partial charge in [-0.1, -0.05) is 18.2 Å². The molecule has 10 nitrogen and oxygen atoms in total. The number of rotatable bonds is 7. The highest BCUT2D eigenvalue weighted by Crippen LogP contribution is 2.27. The Morgan fingerprint density at radius 3 is 2.65 bits per heavy atom. The van der Waals surface area contributed by atoms with Gasteiger partial charge < -0.3 is 4.74 Å². The van der Waals surface area contributed by atoms with Crippen molar-refractivity contribution in [1.82, 2.24) is 5.43 Å². The summed E-state index contributed by atoms with van der Waals surface area (Å²) in [6.07, 6.45) is 1.24. The van der Waals surface area contributed by atoms with Crippen LogP contribution in [0.2, 0.25) is 0 Å². The molecule has 2 aromatic carbocycles. The van der Waals surface area contributed by atoms with Crippen molar-refractivity contribution in [2.24, 2.45) is 5.10 Å². The van der Waals surface area contributed by atoms with Crippen molar-refractivity contribution in [1.29, 1.82) is 0 Å². The number of hydrogen-bond acceptors (Lipinski definition) is 7. The van der Waals surface area contributed by atoms with Gasteiger partial charge in [-0.05, 0) is 18.6 Å². The molecule has 2 aromatic rings. The second-order valence-electron chi connectivity index (χ2n) is 5.16. The van der Waals surface area contributed by atoms with E-state index in [4.69, 9.17) is 4.74 Å². The third-order valence-electron chi connectivity index (χ3n) is 3.15. The molecule has 0 aliphatic rings. The Hall–Kier alpha value is -3.82. The van der Waals surface area contributed by atoms with Crippen LogP contribution in [0.3, 0.4) is 0 Å². The topological polar surface area (TPSA) is 137 Å². The Morgan fingerprint density at radius 2 is 1.96 bits per heavy atom. The molecule has 134 valence electrons. The Balaban J connectivity index is 1.93. The van der Waals surface area contributed by atoms with Crippen LogP contribution < -0.4 is 10.2 Å². The lowest BCUT2D eigenvalue weighted by Gasteiger charge is -2.06. The summed E-state index contributed by atoms with van der Waals surface area (Å²) in [5, 5.41) is 25.3. The molecule has 2 rings (SSSR count). The van der Waals surface area contributed by atoms with Crippen molar-refractivity contribution in [3.05, 3.63) is 73.8 Å². The summed E-state index contributed by atoms with van der Waals surface area (Å²) in [5.41, 5.74) is 2.95. The van der Waals surface area contributed by atoms with Gasteiger partial charge in [-0.15, -0.1) is 0 Å². The van der Waals surface area contributed by atoms with Gasteiger partial charge in [-0.2, -0.15) is 5.10 Å². The molecular formula is C16H14N4O6. The number of nitro groups is 2. The minimum absolute atomic E-state index is 0.0292. The van der Waals surface area contributed by atoms with Gasteiger partial charge in [0.25, 0.3) is 11.6 Å². The molecule has 1 N–H and O–H groups in total. The quantitative estimate of drug-likeness (QED) is 0.458. The molecule has 0 aliphatic carbocycles. The zero-order valence-corrected chi connectivity index (χ0v) is 13.6. The monoisotopic (exact) mass is 358 g/mol. The summed E-state index contributed by atoms with van der Waals surface area (Å²) in [4.78, 5) is 32.2. The number of hydrogen-bond donors (Lipinski definition) is 1. The summed E-state index contributed by atoms with van der Waals surface area (Å²) in [6, 6.07) is 10.1. The van der Waals surface area contributed by atoms with E-state index in [1.54, 1.807) is 19.1 Å². The minimum Gasteiger partial charge on any atom is -0.477 e. The van der Waals surface area contributed by atoms with Gasteiger partial charge in [-0.25, -0.2) is 5.43 Å². The van der Waals surface area contributed by atoms with Crippen molar-refractivity contribution in [2.45, 2.75) is 6.92 Å². The summed E-state index contributed by atoms with van der Waals surface area (Å²) >= 11 is 0. The maximum absolute atomic E-state index is 11.7. The lowest BCUT2D eigenvalue weighted by Crippen LogP contribution is -2.24. The number of nitro benzene ring substituents is 2. The van der Waals surface area contributed by atoms with E-state index in [1.165, 1.54) is 36.5 Å². The van der Waals surface area contributed by atoms with E-state index in [9.17, 15) is 25.0 Å². The molecule has 0 saturated heterocycles. The van der Waals surface area contributed by atoms with Gasteiger partial charge in [0.15, 0.2) is 12.4 Å². The van der Waals surface area contributed by atoms with E-state index in [1.807, 2.05) is 0 Å². The molecule has 1 amide bonds. The van der Waals surface area contributed by atoms with Crippen LogP contribution in [0.5, 0.6) is 5.75 Å². The number of carbonyl (C=O) groups is 1. The first-order valence-corrected chi connectivity index (χ1v) is 7.31. The number of amides is 1. The molecule has 0 unspecified atom stereocenters. The Kier molecular flexibility index (Phi) is 5.93. The number of aryl methyl sites for hydroxylation is 1. The summed E-state index contributed by atoms with van der Waals surface area (Å²) in [7, 11) is 0. The van der Waals surface area contributed by atoms with Crippen LogP contribution in [-0.4, -0.2) is 28.6 Å². The van der Waals surface area contributed by atoms with Crippen LogP contribution in [-0.2, 0) is 4.79 Å². The first-order chi connectivity index (χ1) is 12.4. The van der Waals surface area contributed by atoms with Crippen LogP contribution >= 0.6 is 0 Å². The SMILES string of the molecule is Cc1ccc(OCC(=O)N/N=C/c2cccc([N+](=O)[O-])c2)c([N+](=O)[O-])c1. The Labute approximate surface area is 147 Å². The molecule has 0 saturated carbocycles. The third kappa shape index (κ3) is 5.09. The molecule has 0 radical (unpaired) electrons. The molecular weight excluding hydrogens is 344 g/mol. The van der Waals surface area contributed by atoms with Crippen molar-refractivity contribution >= 4 is 23.5 Å². The zero-order chi connectivity index (χ0) is 19.1. The summed E-state index contributed by atoms with van der Waals surface area (Å²) in [5.74, 6) is -0.667. The normalized spacial score (nSPS) is 10.5. The van der Waals surface area contributed by atoms with E-state index in [-0.39, 0.29) is 17.1 Å². The van der Waals surface area contributed by atoms with E-state index in [2.05, 4.69) is 10.5 Å². The highest BCUT2D eigenvalue weighted by Gasteiger charge is 2.16. The van der Waals surface area contributed by atoms with E-state index < -0.39 is 22.4 Å². The number of non-ortho nitro benzene ring substituents is 1. The largest absolute Gasteiger partial charge is 0.477 e. The smallest absolute Gasteiger partial charge is 0.311 e. The van der Waals surface area contributed by atoms with Crippen molar-refractivity contribution in [2.75, 3.05) is 6.61 Å². The fourth-order valence-corrected chi connectivity index (χ4v) is 1.97. The maximum Gasteiger partial charge on any atom is 0.311 e. The third-order valence-corrected chi connectivity index (χ3v) is 3.15. The number of nitrogens with zero attached hydrogens (tertiary/aromatic N) is 3. The van der Waals surface area contributed by atoms with Crippen molar-refractivity contribution in [3.8, 4) is 5.75 Å². The van der Waals surface area contributed by atoms with Gasteiger partial charge in [0.2, 0.25) is 0 Å². The fourth-order valence-electron chi connectivity index (χ4n) is 1.97. The lowest BCUT2D eigenvalue weighted by molar-refractivity contribution is -0.385. The van der Waals surface area contributed by atoms with Gasteiger partial charge in [0.1, 0.15) is 0 Å². The van der Waals surface area contributed by atoms with E-state index >= 15 is 0 Å². The van der Waals surface area contributed by atoms with E-state index in [0.29, 0.717) is 11.1 Å². The minimum atomic E-state index is -0.637. The van der Waals surface area contributed by atoms with Crippen molar-refractivity contribution in [3.63, 3.8) is 0 Å². The number of carbonyl (C=O) groups excluding carboxylic acids is 1. The lowest BCUT2D eigenvalue weighted by atomic mass is 10.2. The standard InChI is InChI=1S/C16H14N4O6/c1-11-5-6-15(14(7-11)20(24)25)26-10-16(21)18-17-9-12-3-2-4-13(8-12)19(22)23/h2-9H,10H2,1H3,(H,18,21)/b17-9+. The highest BCUT2D eigenvalue weighted by molar-refractivity contribution is 5.83. The summed E-state index contributed by atoms with van der Waals surface area (Å²) in [6.45, 7) is 1.22. The predicted molar refractivity (Wildman–Crippen MR) is 92.2 cm³/mol. The van der Waals surface area contributed by atoms with Crippen LogP contribution in [0.15, 0.2) is 47.6 Å². The average Bonchev–Trinajstić information content (AvgIpc) is 2.60. The number of benzene rings is 2. The van der Waals surface area contributed by atoms with Gasteiger partial charge in [-0.3, -0.25) is 25.0 Å². The zero-order valence-electron chi connectivity index (χ0n) is 13.6. The molecule has 0 atom stereocenters. The van der Waals surface area contributed by atoms with Gasteiger partial charge in [0, 0.05) is 23.8 Å². The van der Waals surface area contributed by atoms with Crippen LogP contribution in [0, 0.1) is 27.2 Å². The Bertz CT molecular complexity index is 881. The predicted octanol–water partition coefficient (Wildman–Crippen LogP) is 2.34. The number of hydrazone groups is 1. The molecule has 0 spiro atoms. The fraction of sp³-hybridized carbons (Fsp3) is 0.125. The molecule has 0 heterocycles. The van der Waals surface area contributed by atoms with Crippen LogP contribution in [0.25, 0.3) is 0 Å². The highest BCUT2D eigenvalue weighted by atomic mass is 16.6. The van der Waals surface area contributed by atoms with Crippen LogP contribution in [0.1, 0.15) is 11.1 Å². The second kappa shape index (κ2) is 8.33. The van der Waals surface area contributed by atoms with Crippen LogP contribution in [0.4, 0.5) is 11.4 Å². The molecule has 0 bridgehead atoms. The van der Waals surface area contributed by atoms with Gasteiger partial charge in [0.05, 0.1) is 16.1 Å². The average molecular weight is 358 g/mol. The number of ether oxygens (including phenoxy) is 1. The molecule has 0 aromatic heterocycles. The molecule has 10 heteroatoms. The molecule has 0 fully saturated rings. The van der Waals surface area contributed by atoms with E-state index in [0.717, 1.165) is 0 Å². The first-order valence-electron chi connectivity index (χ1n) is 7.31. The van der Waals surface area contributed by atoms with Gasteiger partial charge >= 0.3 is 5.69 Å². The molecule has 0 aliphatic heterocycles. The second-order valence-corrected chi connectivity index (χ2v) is 5.16. The van der Waals surface area contributed by atoms with Crippen molar-refractivity contribution < 1.29 is 19.4 Å². The first kappa shape index (κ1) is 18.5. The summed E-state index contributed by atoms with van der Waals surface area (Å²) < 4.78 is 5.15. The maximum atomic E-state index is 11.7. The molecule has 26 heavy (non-hydrogen) atoms.